The summed E-state index contributed by atoms with van der Waals surface area (Å²) >= 11 is 1.51. The van der Waals surface area contributed by atoms with Crippen LogP contribution >= 0.6 is 11.3 Å². The van der Waals surface area contributed by atoms with Gasteiger partial charge in [-0.25, -0.2) is 13.6 Å². The van der Waals surface area contributed by atoms with Gasteiger partial charge >= 0.3 is 6.03 Å². The van der Waals surface area contributed by atoms with Crippen molar-refractivity contribution in [2.24, 2.45) is 0 Å². The number of carbonyl (C=O) groups is 2. The quantitative estimate of drug-likeness (QED) is 0.261. The molecule has 2 saturated heterocycles. The first kappa shape index (κ1) is 25.7. The number of hydrogen-bond donors (Lipinski definition) is 1. The van der Waals surface area contributed by atoms with E-state index in [0.717, 1.165) is 29.7 Å². The molecule has 5 nitrogen and oxygen atoms in total. The molecule has 1 aromatic heterocycles. The minimum absolute atomic E-state index is 0. The molecule has 3 aromatic rings. The fraction of sp³-hybridized carbons (Fsp3) is 0.308. The Morgan fingerprint density at radius 2 is 1.69 bits per heavy atom. The summed E-state index contributed by atoms with van der Waals surface area (Å²) in [5.41, 5.74) is 1.29. The Hall–Kier alpha value is -2.37. The topological polar surface area (TPSA) is 49.4 Å². The number of rotatable bonds is 6. The van der Waals surface area contributed by atoms with Crippen LogP contribution in [0.1, 0.15) is 27.9 Å². The van der Waals surface area contributed by atoms with Gasteiger partial charge in [0.15, 0.2) is 0 Å². The SMILES string of the molecule is C[N+]1(CC(=O)c2ccsc2)CC[C@@H](N2CC(c3ccc(F)cc3)(c3ccc(F)cc3)NC2=O)C1.[I-]. The third kappa shape index (κ3) is 4.99. The molecular weight excluding hydrogens is 583 g/mol. The third-order valence-corrected chi connectivity index (χ3v) is 7.81. The largest absolute Gasteiger partial charge is 1.00 e. The Bertz CT molecular complexity index is 1160. The van der Waals surface area contributed by atoms with Crippen LogP contribution in [0.25, 0.3) is 0 Å². The number of amides is 2. The van der Waals surface area contributed by atoms with E-state index >= 15 is 0 Å². The average molecular weight is 609 g/mol. The fourth-order valence-corrected chi connectivity index (χ4v) is 5.95. The van der Waals surface area contributed by atoms with Gasteiger partial charge in [-0.15, -0.1) is 0 Å². The Morgan fingerprint density at radius 3 is 2.23 bits per heavy atom. The van der Waals surface area contributed by atoms with Crippen molar-refractivity contribution in [3.05, 3.63) is 93.7 Å². The number of quaternary nitrogens is 1. The number of likely N-dealkylation sites (N-methyl/N-ethyl adjacent to an activating group) is 1. The molecule has 0 saturated carbocycles. The highest BCUT2D eigenvalue weighted by molar-refractivity contribution is 7.08. The van der Waals surface area contributed by atoms with Crippen LogP contribution in [0.5, 0.6) is 0 Å². The molecule has 2 atom stereocenters. The summed E-state index contributed by atoms with van der Waals surface area (Å²) in [5, 5.41) is 6.90. The highest BCUT2D eigenvalue weighted by atomic mass is 127. The van der Waals surface area contributed by atoms with Crippen LogP contribution in [0.2, 0.25) is 0 Å². The summed E-state index contributed by atoms with van der Waals surface area (Å²) < 4.78 is 27.9. The zero-order chi connectivity index (χ0) is 23.9. The van der Waals surface area contributed by atoms with Gasteiger partial charge < -0.3 is 38.7 Å². The number of halogens is 3. The van der Waals surface area contributed by atoms with Gasteiger partial charge in [0.05, 0.1) is 32.7 Å². The molecule has 5 rings (SSSR count). The standard InChI is InChI=1S/C26H25F2N3O2S.HI/c1-31(15-24(32)18-11-13-34-16-18)12-10-23(14-31)30-17-26(29-25(30)33,19-2-6-21(27)7-3-19)20-4-8-22(28)9-5-20;/h2-9,11,13,16,23H,10,12,14-15,17H2,1H3;1H/t23-,31?;/m1./s1. The van der Waals surface area contributed by atoms with E-state index in [1.54, 1.807) is 24.3 Å². The molecule has 0 radical (unpaired) electrons. The second kappa shape index (κ2) is 9.94. The predicted molar refractivity (Wildman–Crippen MR) is 127 cm³/mol. The third-order valence-electron chi connectivity index (χ3n) is 7.13. The molecule has 2 aliphatic rings. The summed E-state index contributed by atoms with van der Waals surface area (Å²) in [7, 11) is 2.06. The van der Waals surface area contributed by atoms with Crippen LogP contribution in [-0.4, -0.2) is 60.5 Å². The molecule has 2 amide bonds. The lowest BCUT2D eigenvalue weighted by molar-refractivity contribution is -0.890. The van der Waals surface area contributed by atoms with Crippen molar-refractivity contribution >= 4 is 23.2 Å². The number of nitrogens with zero attached hydrogens (tertiary/aromatic N) is 2. The van der Waals surface area contributed by atoms with E-state index in [9.17, 15) is 18.4 Å². The Labute approximate surface area is 224 Å². The van der Waals surface area contributed by atoms with Crippen molar-refractivity contribution in [1.29, 1.82) is 0 Å². The molecule has 0 bridgehead atoms. The summed E-state index contributed by atoms with van der Waals surface area (Å²) in [5.74, 6) is -0.612. The van der Waals surface area contributed by atoms with Gasteiger partial charge in [0.2, 0.25) is 5.78 Å². The normalized spacial score (nSPS) is 23.1. The summed E-state index contributed by atoms with van der Waals surface area (Å²) in [4.78, 5) is 27.8. The minimum Gasteiger partial charge on any atom is -1.00 e. The summed E-state index contributed by atoms with van der Waals surface area (Å²) in [6, 6.07) is 13.7. The van der Waals surface area contributed by atoms with Crippen molar-refractivity contribution in [1.82, 2.24) is 10.2 Å². The summed E-state index contributed by atoms with van der Waals surface area (Å²) in [6.45, 7) is 2.20. The van der Waals surface area contributed by atoms with Gasteiger partial charge in [0, 0.05) is 17.4 Å². The number of thiophene rings is 1. The maximum Gasteiger partial charge on any atom is 0.319 e. The second-order valence-electron chi connectivity index (χ2n) is 9.54. The number of likely N-dealkylation sites (tertiary alicyclic amines) is 1. The van der Waals surface area contributed by atoms with Crippen molar-refractivity contribution in [3.8, 4) is 0 Å². The highest BCUT2D eigenvalue weighted by Crippen LogP contribution is 2.37. The van der Waals surface area contributed by atoms with Gasteiger partial charge in [-0.3, -0.25) is 4.79 Å². The summed E-state index contributed by atoms with van der Waals surface area (Å²) in [6.07, 6.45) is 0.782. The van der Waals surface area contributed by atoms with Crippen LogP contribution in [0.3, 0.4) is 0 Å². The first-order valence-electron chi connectivity index (χ1n) is 11.3. The lowest BCUT2D eigenvalue weighted by Gasteiger charge is -2.32. The van der Waals surface area contributed by atoms with Crippen LogP contribution in [-0.2, 0) is 5.54 Å². The number of hydrogen-bond acceptors (Lipinski definition) is 3. The van der Waals surface area contributed by atoms with Crippen LogP contribution < -0.4 is 29.3 Å². The number of Topliss-reactive ketones (excluding diaryl/α,β-unsaturated/α-hetero) is 1. The average Bonchev–Trinajstić information content (AvgIpc) is 3.54. The first-order chi connectivity index (χ1) is 16.3. The van der Waals surface area contributed by atoms with Gasteiger partial charge in [-0.2, -0.15) is 11.3 Å². The molecule has 2 aromatic carbocycles. The van der Waals surface area contributed by atoms with Gasteiger partial charge in [-0.05, 0) is 46.8 Å². The van der Waals surface area contributed by atoms with E-state index in [0.29, 0.717) is 24.1 Å². The minimum atomic E-state index is -0.920. The van der Waals surface area contributed by atoms with Crippen LogP contribution in [0.4, 0.5) is 13.6 Å². The van der Waals surface area contributed by atoms with Crippen molar-refractivity contribution < 1.29 is 46.8 Å². The number of ketones is 1. The van der Waals surface area contributed by atoms with Crippen LogP contribution in [0, 0.1) is 11.6 Å². The fourth-order valence-electron chi connectivity index (χ4n) is 5.29. The highest BCUT2D eigenvalue weighted by Gasteiger charge is 2.50. The molecular formula is C26H26F2IN3O2S. The Kier molecular flexibility index (Phi) is 7.31. The zero-order valence-electron chi connectivity index (χ0n) is 19.2. The Morgan fingerprint density at radius 1 is 1.09 bits per heavy atom. The number of benzene rings is 2. The maximum atomic E-state index is 13.7. The molecule has 9 heteroatoms. The monoisotopic (exact) mass is 609 g/mol. The smallest absolute Gasteiger partial charge is 0.319 e. The lowest BCUT2D eigenvalue weighted by atomic mass is 9.83. The molecule has 184 valence electrons. The second-order valence-corrected chi connectivity index (χ2v) is 10.3. The molecule has 3 heterocycles. The number of carbonyl (C=O) groups excluding carboxylic acids is 2. The van der Waals surface area contributed by atoms with E-state index in [1.807, 2.05) is 21.7 Å². The molecule has 0 aliphatic carbocycles. The molecule has 1 unspecified atom stereocenters. The van der Waals surface area contributed by atoms with Crippen molar-refractivity contribution in [2.45, 2.75) is 18.0 Å². The van der Waals surface area contributed by atoms with E-state index in [1.165, 1.54) is 35.6 Å². The van der Waals surface area contributed by atoms with Crippen LogP contribution in [0.15, 0.2) is 65.4 Å². The van der Waals surface area contributed by atoms with E-state index < -0.39 is 5.54 Å². The number of nitrogens with one attached hydrogen (secondary N) is 1. The van der Waals surface area contributed by atoms with E-state index in [2.05, 4.69) is 12.4 Å². The lowest BCUT2D eigenvalue weighted by Crippen LogP contribution is -3.00. The van der Waals surface area contributed by atoms with Crippen molar-refractivity contribution in [2.75, 3.05) is 33.2 Å². The van der Waals surface area contributed by atoms with E-state index in [-0.39, 0.29) is 53.5 Å². The molecule has 2 aliphatic heterocycles. The van der Waals surface area contributed by atoms with E-state index in [4.69, 9.17) is 0 Å². The predicted octanol–water partition coefficient (Wildman–Crippen LogP) is 1.40. The maximum absolute atomic E-state index is 13.7. The molecule has 35 heavy (non-hydrogen) atoms. The van der Waals surface area contributed by atoms with Crippen molar-refractivity contribution in [3.63, 3.8) is 0 Å². The van der Waals surface area contributed by atoms with Gasteiger partial charge in [0.1, 0.15) is 23.7 Å². The molecule has 2 fully saturated rings. The first-order valence-corrected chi connectivity index (χ1v) is 12.2. The molecule has 1 N–H and O–H groups in total. The zero-order valence-corrected chi connectivity index (χ0v) is 22.2. The van der Waals surface area contributed by atoms with Gasteiger partial charge in [-0.1, -0.05) is 24.3 Å². The number of urea groups is 1. The Balaban J connectivity index is 0.00000289. The van der Waals surface area contributed by atoms with Gasteiger partial charge in [0.25, 0.3) is 0 Å². The molecule has 0 spiro atoms.